The number of unbranched alkanes of at least 4 members (excludes halogenated alkanes) is 1. The molecule has 132 valence electrons. The third-order valence-electron chi connectivity index (χ3n) is 4.99. The molecule has 5 nitrogen and oxygen atoms in total. The number of benzene rings is 1. The van der Waals surface area contributed by atoms with E-state index < -0.39 is 12.1 Å². The Hall–Kier alpha value is -1.43. The Bertz CT molecular complexity index is 532. The van der Waals surface area contributed by atoms with E-state index in [9.17, 15) is 9.90 Å². The number of esters is 1. The van der Waals surface area contributed by atoms with Gasteiger partial charge >= 0.3 is 5.97 Å². The minimum absolute atomic E-state index is 0.0166. The van der Waals surface area contributed by atoms with E-state index in [4.69, 9.17) is 14.2 Å². The van der Waals surface area contributed by atoms with Crippen LogP contribution in [0.3, 0.4) is 0 Å². The molecular formula is C19H26O5. The maximum atomic E-state index is 11.6. The predicted octanol–water partition coefficient (Wildman–Crippen LogP) is 2.31. The van der Waals surface area contributed by atoms with Crippen LogP contribution in [0, 0.1) is 11.8 Å². The van der Waals surface area contributed by atoms with Gasteiger partial charge in [-0.05, 0) is 12.0 Å². The highest BCUT2D eigenvalue weighted by Gasteiger charge is 2.55. The standard InChI is InChI=1S/C19H26O5/c1-2-3-9-23-15-10-16-17(18(20)19(21)24-16)14(15)12-22-11-13-7-5-4-6-8-13/h4-8,14-18,20H,2-3,9-12H2,1H3/t14-,15+,16-,17+,18?/m1/s1. The van der Waals surface area contributed by atoms with Gasteiger partial charge in [-0.15, -0.1) is 0 Å². The molecule has 1 aromatic carbocycles. The van der Waals surface area contributed by atoms with Crippen molar-refractivity contribution < 1.29 is 24.1 Å². The second-order valence-electron chi connectivity index (χ2n) is 6.66. The number of carbonyl (C=O) groups is 1. The lowest BCUT2D eigenvalue weighted by atomic mass is 9.91. The highest BCUT2D eigenvalue weighted by Crippen LogP contribution is 2.43. The average molecular weight is 334 g/mol. The summed E-state index contributed by atoms with van der Waals surface area (Å²) in [7, 11) is 0. The maximum absolute atomic E-state index is 11.6. The SMILES string of the molecule is CCCCO[C@H]1C[C@H]2OC(=O)C(O)[C@H]2[C@@H]1COCc1ccccc1. The van der Waals surface area contributed by atoms with E-state index >= 15 is 0 Å². The first kappa shape index (κ1) is 17.4. The Morgan fingerprint density at radius 2 is 2.08 bits per heavy atom. The summed E-state index contributed by atoms with van der Waals surface area (Å²) in [4.78, 5) is 11.6. The number of aliphatic hydroxyl groups excluding tert-OH is 1. The van der Waals surface area contributed by atoms with Gasteiger partial charge in [0.15, 0.2) is 6.10 Å². The molecule has 5 atom stereocenters. The summed E-state index contributed by atoms with van der Waals surface area (Å²) < 4.78 is 17.2. The van der Waals surface area contributed by atoms with Crippen LogP contribution in [-0.2, 0) is 25.6 Å². The van der Waals surface area contributed by atoms with E-state index in [1.54, 1.807) is 0 Å². The fourth-order valence-corrected chi connectivity index (χ4v) is 3.70. The largest absolute Gasteiger partial charge is 0.460 e. The number of carbonyl (C=O) groups excluding carboxylic acids is 1. The molecule has 2 aliphatic rings. The van der Waals surface area contributed by atoms with Gasteiger partial charge in [-0.3, -0.25) is 0 Å². The van der Waals surface area contributed by atoms with E-state index in [2.05, 4.69) is 6.92 Å². The quantitative estimate of drug-likeness (QED) is 0.584. The van der Waals surface area contributed by atoms with Crippen molar-refractivity contribution in [2.75, 3.05) is 13.2 Å². The van der Waals surface area contributed by atoms with Gasteiger partial charge in [-0.1, -0.05) is 43.7 Å². The fraction of sp³-hybridized carbons (Fsp3) is 0.632. The minimum atomic E-state index is -1.06. The summed E-state index contributed by atoms with van der Waals surface area (Å²) in [6, 6.07) is 9.97. The van der Waals surface area contributed by atoms with E-state index in [-0.39, 0.29) is 24.0 Å². The van der Waals surface area contributed by atoms with Crippen molar-refractivity contribution in [3.63, 3.8) is 0 Å². The molecule has 2 fully saturated rings. The molecule has 24 heavy (non-hydrogen) atoms. The zero-order valence-corrected chi connectivity index (χ0v) is 14.1. The smallest absolute Gasteiger partial charge is 0.335 e. The summed E-state index contributed by atoms with van der Waals surface area (Å²) in [6.07, 6.45) is 1.41. The van der Waals surface area contributed by atoms with Gasteiger partial charge in [0, 0.05) is 24.9 Å². The minimum Gasteiger partial charge on any atom is -0.460 e. The molecule has 0 amide bonds. The second kappa shape index (κ2) is 8.10. The lowest BCUT2D eigenvalue weighted by molar-refractivity contribution is -0.149. The molecule has 0 radical (unpaired) electrons. The molecule has 3 rings (SSSR count). The summed E-state index contributed by atoms with van der Waals surface area (Å²) >= 11 is 0. The zero-order valence-electron chi connectivity index (χ0n) is 14.1. The van der Waals surface area contributed by atoms with Crippen LogP contribution >= 0.6 is 0 Å². The Labute approximate surface area is 142 Å². The molecule has 1 heterocycles. The zero-order chi connectivity index (χ0) is 16.9. The van der Waals surface area contributed by atoms with Crippen molar-refractivity contribution in [1.82, 2.24) is 0 Å². The van der Waals surface area contributed by atoms with Gasteiger partial charge in [-0.2, -0.15) is 0 Å². The van der Waals surface area contributed by atoms with Crippen LogP contribution < -0.4 is 0 Å². The molecule has 0 aromatic heterocycles. The van der Waals surface area contributed by atoms with Crippen molar-refractivity contribution >= 4 is 5.97 Å². The molecular weight excluding hydrogens is 308 g/mol. The highest BCUT2D eigenvalue weighted by atomic mass is 16.6. The van der Waals surface area contributed by atoms with E-state index in [1.165, 1.54) is 0 Å². The number of hydrogen-bond acceptors (Lipinski definition) is 5. The van der Waals surface area contributed by atoms with Gasteiger partial charge in [0.05, 0.1) is 19.3 Å². The lowest BCUT2D eigenvalue weighted by Crippen LogP contribution is -2.35. The molecule has 1 saturated heterocycles. The van der Waals surface area contributed by atoms with Crippen LogP contribution in [0.15, 0.2) is 30.3 Å². The number of hydrogen-bond donors (Lipinski definition) is 1. The number of ether oxygens (including phenoxy) is 3. The molecule has 1 aliphatic carbocycles. The predicted molar refractivity (Wildman–Crippen MR) is 88.2 cm³/mol. The first-order valence-electron chi connectivity index (χ1n) is 8.82. The molecule has 0 bridgehead atoms. The highest BCUT2D eigenvalue weighted by molar-refractivity contribution is 5.77. The normalized spacial score (nSPS) is 31.9. The maximum Gasteiger partial charge on any atom is 0.335 e. The number of rotatable bonds is 8. The van der Waals surface area contributed by atoms with E-state index in [1.807, 2.05) is 30.3 Å². The monoisotopic (exact) mass is 334 g/mol. The lowest BCUT2D eigenvalue weighted by Gasteiger charge is -2.24. The molecule has 5 heteroatoms. The summed E-state index contributed by atoms with van der Waals surface area (Å²) in [5, 5.41) is 10.2. The second-order valence-corrected chi connectivity index (χ2v) is 6.66. The average Bonchev–Trinajstić information content (AvgIpc) is 3.06. The summed E-state index contributed by atoms with van der Waals surface area (Å²) in [5.74, 6) is -0.748. The Morgan fingerprint density at radius 3 is 2.83 bits per heavy atom. The van der Waals surface area contributed by atoms with Crippen LogP contribution in [0.2, 0.25) is 0 Å². The van der Waals surface area contributed by atoms with E-state index in [0.717, 1.165) is 18.4 Å². The molecule has 1 aliphatic heterocycles. The van der Waals surface area contributed by atoms with Gasteiger partial charge < -0.3 is 19.3 Å². The van der Waals surface area contributed by atoms with Crippen LogP contribution in [-0.4, -0.2) is 42.6 Å². The van der Waals surface area contributed by atoms with Gasteiger partial charge in [0.2, 0.25) is 0 Å². The fourth-order valence-electron chi connectivity index (χ4n) is 3.70. The van der Waals surface area contributed by atoms with Gasteiger partial charge in [0.25, 0.3) is 0 Å². The number of aliphatic hydroxyl groups is 1. The summed E-state index contributed by atoms with van der Waals surface area (Å²) in [5.41, 5.74) is 1.11. The van der Waals surface area contributed by atoms with Crippen LogP contribution in [0.1, 0.15) is 31.7 Å². The van der Waals surface area contributed by atoms with Gasteiger partial charge in [-0.25, -0.2) is 4.79 Å². The third kappa shape index (κ3) is 3.79. The van der Waals surface area contributed by atoms with Crippen LogP contribution in [0.5, 0.6) is 0 Å². The molecule has 0 spiro atoms. The first-order chi connectivity index (χ1) is 11.7. The molecule has 1 unspecified atom stereocenters. The molecule has 1 aromatic rings. The first-order valence-corrected chi connectivity index (χ1v) is 8.82. The van der Waals surface area contributed by atoms with Crippen LogP contribution in [0.25, 0.3) is 0 Å². The Kier molecular flexibility index (Phi) is 5.87. The third-order valence-corrected chi connectivity index (χ3v) is 4.99. The topological polar surface area (TPSA) is 65.0 Å². The number of fused-ring (bicyclic) bond motifs is 1. The van der Waals surface area contributed by atoms with Crippen molar-refractivity contribution in [1.29, 1.82) is 0 Å². The van der Waals surface area contributed by atoms with Crippen molar-refractivity contribution in [3.05, 3.63) is 35.9 Å². The summed E-state index contributed by atoms with van der Waals surface area (Å²) in [6.45, 7) is 3.79. The van der Waals surface area contributed by atoms with Crippen molar-refractivity contribution in [2.45, 2.75) is 51.1 Å². The van der Waals surface area contributed by atoms with Gasteiger partial charge in [0.1, 0.15) is 6.10 Å². The van der Waals surface area contributed by atoms with Crippen molar-refractivity contribution in [2.24, 2.45) is 11.8 Å². The van der Waals surface area contributed by atoms with E-state index in [0.29, 0.717) is 26.2 Å². The van der Waals surface area contributed by atoms with Crippen LogP contribution in [0.4, 0.5) is 0 Å². The van der Waals surface area contributed by atoms with Crippen molar-refractivity contribution in [3.8, 4) is 0 Å². The Morgan fingerprint density at radius 1 is 1.29 bits per heavy atom. The molecule has 1 saturated carbocycles. The Balaban J connectivity index is 1.59. The molecule has 1 N–H and O–H groups in total.